The lowest BCUT2D eigenvalue weighted by Crippen LogP contribution is -2.41. The van der Waals surface area contributed by atoms with Crippen molar-refractivity contribution in [2.45, 2.75) is 39.2 Å². The number of imidazole rings is 1. The van der Waals surface area contributed by atoms with E-state index in [0.29, 0.717) is 49.6 Å². The first-order chi connectivity index (χ1) is 17.6. The summed E-state index contributed by atoms with van der Waals surface area (Å²) in [6, 6.07) is -0.218. The number of urea groups is 1. The molecule has 2 heterocycles. The van der Waals surface area contributed by atoms with E-state index in [-0.39, 0.29) is 11.9 Å². The molecule has 0 aliphatic carbocycles. The van der Waals surface area contributed by atoms with Gasteiger partial charge in [-0.25, -0.2) is 19.7 Å². The summed E-state index contributed by atoms with van der Waals surface area (Å²) >= 11 is 0. The van der Waals surface area contributed by atoms with Gasteiger partial charge >= 0.3 is 6.03 Å². The number of likely N-dealkylation sites (N-methyl/N-ethyl adjacent to an activating group) is 2. The molecular formula is C23H43N11O2. The second kappa shape index (κ2) is 17.4. The number of nitrogens with one attached hydrogen (secondary N) is 5. The molecule has 0 spiro atoms. The summed E-state index contributed by atoms with van der Waals surface area (Å²) < 4.78 is 1.82. The van der Waals surface area contributed by atoms with Crippen LogP contribution in [0.4, 0.5) is 10.6 Å². The number of rotatable bonds is 19. The summed E-state index contributed by atoms with van der Waals surface area (Å²) in [5.41, 5.74) is 6.99. The fourth-order valence-electron chi connectivity index (χ4n) is 3.66. The normalized spacial score (nSPS) is 11.1. The third-order valence-corrected chi connectivity index (χ3v) is 5.69. The van der Waals surface area contributed by atoms with E-state index >= 15 is 0 Å². The third-order valence-electron chi connectivity index (χ3n) is 5.69. The number of hydrogen-bond donors (Lipinski definition) is 6. The van der Waals surface area contributed by atoms with Gasteiger partial charge < -0.3 is 41.8 Å². The molecule has 0 fully saturated rings. The molecule has 0 aliphatic rings. The van der Waals surface area contributed by atoms with Gasteiger partial charge in [-0.1, -0.05) is 13.3 Å². The minimum absolute atomic E-state index is 0.188. The lowest BCUT2D eigenvalue weighted by Gasteiger charge is -2.23. The molecule has 0 radical (unpaired) electrons. The molecule has 202 valence electrons. The van der Waals surface area contributed by atoms with Crippen LogP contribution in [0, 0.1) is 0 Å². The van der Waals surface area contributed by atoms with Crippen molar-refractivity contribution in [1.82, 2.24) is 51.0 Å². The van der Waals surface area contributed by atoms with Crippen molar-refractivity contribution in [3.63, 3.8) is 0 Å². The maximum atomic E-state index is 12.7. The van der Waals surface area contributed by atoms with Crippen molar-refractivity contribution >= 4 is 28.9 Å². The van der Waals surface area contributed by atoms with Crippen molar-refractivity contribution in [1.29, 1.82) is 0 Å². The van der Waals surface area contributed by atoms with Crippen LogP contribution >= 0.6 is 0 Å². The molecular weight excluding hydrogens is 462 g/mol. The van der Waals surface area contributed by atoms with Crippen LogP contribution in [0.1, 0.15) is 32.6 Å². The fourth-order valence-corrected chi connectivity index (χ4v) is 3.66. The number of carbonyl (C=O) groups is 2. The molecule has 2 aromatic rings. The molecule has 0 saturated carbocycles. The zero-order valence-electron chi connectivity index (χ0n) is 21.7. The molecule has 0 atom stereocenters. The first-order valence-corrected chi connectivity index (χ1v) is 12.8. The molecule has 3 amide bonds. The van der Waals surface area contributed by atoms with Crippen LogP contribution in [-0.4, -0.2) is 102 Å². The van der Waals surface area contributed by atoms with E-state index in [1.54, 1.807) is 6.33 Å². The van der Waals surface area contributed by atoms with Crippen LogP contribution in [0.3, 0.4) is 0 Å². The topological polar surface area (TPSA) is 167 Å². The number of nitrogen functional groups attached to an aromatic ring is 1. The maximum Gasteiger partial charge on any atom is 0.314 e. The summed E-state index contributed by atoms with van der Waals surface area (Å²) in [4.78, 5) is 39.0. The number of unbranched alkanes of at least 4 members (excludes halogenated alkanes) is 2. The lowest BCUT2D eigenvalue weighted by molar-refractivity contribution is -0.131. The Hall–Kier alpha value is -3.03. The highest BCUT2D eigenvalue weighted by atomic mass is 16.2. The Morgan fingerprint density at radius 1 is 0.944 bits per heavy atom. The van der Waals surface area contributed by atoms with E-state index in [4.69, 9.17) is 5.73 Å². The molecule has 0 unspecified atom stereocenters. The lowest BCUT2D eigenvalue weighted by atomic mass is 10.1. The number of fused-ring (bicyclic) bond motifs is 1. The monoisotopic (exact) mass is 505 g/mol. The molecule has 0 aliphatic heterocycles. The summed E-state index contributed by atoms with van der Waals surface area (Å²) in [5, 5.41) is 15.4. The fraction of sp³-hybridized carbons (Fsp3) is 0.696. The maximum absolute atomic E-state index is 12.7. The van der Waals surface area contributed by atoms with Gasteiger partial charge in [0.1, 0.15) is 11.8 Å². The van der Waals surface area contributed by atoms with Gasteiger partial charge in [-0.15, -0.1) is 0 Å². The second-order valence-corrected chi connectivity index (χ2v) is 8.45. The molecule has 0 saturated heterocycles. The van der Waals surface area contributed by atoms with Crippen LogP contribution in [0.25, 0.3) is 11.2 Å². The number of hydrogen-bond acceptors (Lipinski definition) is 9. The molecule has 0 aromatic carbocycles. The van der Waals surface area contributed by atoms with Crippen LogP contribution < -0.4 is 32.3 Å². The van der Waals surface area contributed by atoms with Crippen LogP contribution in [-0.2, 0) is 11.3 Å². The Bertz CT molecular complexity index is 905. The van der Waals surface area contributed by atoms with Crippen molar-refractivity contribution in [2.24, 2.45) is 0 Å². The summed E-state index contributed by atoms with van der Waals surface area (Å²) in [6.07, 6.45) is 6.09. The molecule has 0 bridgehead atoms. The average Bonchev–Trinajstić information content (AvgIpc) is 3.29. The zero-order valence-corrected chi connectivity index (χ0v) is 21.7. The number of anilines is 1. The highest BCUT2D eigenvalue weighted by Crippen LogP contribution is 2.13. The zero-order chi connectivity index (χ0) is 26.0. The van der Waals surface area contributed by atoms with Gasteiger partial charge in [0.05, 0.1) is 6.33 Å². The van der Waals surface area contributed by atoms with Gasteiger partial charge in [-0.3, -0.25) is 4.79 Å². The summed E-state index contributed by atoms with van der Waals surface area (Å²) in [6.45, 7) is 9.30. The van der Waals surface area contributed by atoms with E-state index in [9.17, 15) is 9.59 Å². The predicted molar refractivity (Wildman–Crippen MR) is 142 cm³/mol. The van der Waals surface area contributed by atoms with E-state index in [1.807, 2.05) is 16.5 Å². The second-order valence-electron chi connectivity index (χ2n) is 8.45. The number of aromatic nitrogens is 4. The minimum Gasteiger partial charge on any atom is -0.382 e. The first kappa shape index (κ1) is 29.2. The minimum atomic E-state index is -0.218. The molecule has 7 N–H and O–H groups in total. The van der Waals surface area contributed by atoms with Crippen molar-refractivity contribution in [3.05, 3.63) is 12.7 Å². The molecule has 2 rings (SSSR count). The predicted octanol–water partition coefficient (Wildman–Crippen LogP) is -0.485. The quantitative estimate of drug-likeness (QED) is 0.138. The van der Waals surface area contributed by atoms with E-state index in [1.165, 1.54) is 6.33 Å². The van der Waals surface area contributed by atoms with E-state index in [2.05, 4.69) is 48.5 Å². The Labute approximate surface area is 213 Å². The highest BCUT2D eigenvalue weighted by Gasteiger charge is 2.12. The average molecular weight is 506 g/mol. The smallest absolute Gasteiger partial charge is 0.314 e. The van der Waals surface area contributed by atoms with Gasteiger partial charge in [0, 0.05) is 65.3 Å². The SMILES string of the molecule is CCNCCN(CCNCCNC)C(=O)CCCCCNC(=O)NCCn1cnc2c(N)ncnc21. The highest BCUT2D eigenvalue weighted by molar-refractivity contribution is 5.81. The molecule has 36 heavy (non-hydrogen) atoms. The van der Waals surface area contributed by atoms with Crippen LogP contribution in [0.15, 0.2) is 12.7 Å². The number of nitrogens with two attached hydrogens (primary N) is 1. The van der Waals surface area contributed by atoms with Crippen molar-refractivity contribution in [3.8, 4) is 0 Å². The van der Waals surface area contributed by atoms with Crippen molar-refractivity contribution in [2.75, 3.05) is 71.7 Å². The summed E-state index contributed by atoms with van der Waals surface area (Å²) in [7, 11) is 1.92. The molecule has 13 nitrogen and oxygen atoms in total. The first-order valence-electron chi connectivity index (χ1n) is 12.8. The molecule has 13 heteroatoms. The van der Waals surface area contributed by atoms with Gasteiger partial charge in [-0.05, 0) is 26.4 Å². The Balaban J connectivity index is 1.56. The van der Waals surface area contributed by atoms with Crippen LogP contribution in [0.5, 0.6) is 0 Å². The number of carbonyl (C=O) groups excluding carboxylic acids is 2. The number of nitrogens with zero attached hydrogens (tertiary/aromatic N) is 5. The Kier molecular flexibility index (Phi) is 14.1. The van der Waals surface area contributed by atoms with Gasteiger partial charge in [0.2, 0.25) is 5.91 Å². The van der Waals surface area contributed by atoms with Crippen molar-refractivity contribution < 1.29 is 9.59 Å². The van der Waals surface area contributed by atoms with E-state index < -0.39 is 0 Å². The van der Waals surface area contributed by atoms with Gasteiger partial charge in [0.25, 0.3) is 0 Å². The third kappa shape index (κ3) is 10.7. The standard InChI is InChI=1S/C23H43N11O2/c1-3-26-11-14-33(15-12-27-10-9-25-2)19(35)7-5-4-6-8-28-23(36)29-13-16-34-18-32-20-21(24)30-17-31-22(20)34/h17-18,25-27H,3-16H2,1-2H3,(H2,24,30,31)(H2,28,29,36). The largest absolute Gasteiger partial charge is 0.382 e. The summed E-state index contributed by atoms with van der Waals surface area (Å²) in [5.74, 6) is 0.526. The number of amides is 3. The Morgan fingerprint density at radius 2 is 1.72 bits per heavy atom. The Morgan fingerprint density at radius 3 is 2.50 bits per heavy atom. The molecule has 2 aromatic heterocycles. The van der Waals surface area contributed by atoms with E-state index in [0.717, 1.165) is 58.5 Å². The van der Waals surface area contributed by atoms with Gasteiger partial charge in [-0.2, -0.15) is 0 Å². The van der Waals surface area contributed by atoms with Crippen LogP contribution in [0.2, 0.25) is 0 Å². The van der Waals surface area contributed by atoms with Gasteiger partial charge in [0.15, 0.2) is 11.5 Å².